The predicted molar refractivity (Wildman–Crippen MR) is 65.0 cm³/mol. The van der Waals surface area contributed by atoms with Gasteiger partial charge in [-0.2, -0.15) is 0 Å². The average molecular weight is 270 g/mol. The number of halogens is 2. The molecule has 3 N–H and O–H groups in total. The van der Waals surface area contributed by atoms with Crippen molar-refractivity contribution in [3.63, 3.8) is 0 Å². The maximum Gasteiger partial charge on any atom is 0.250 e. The van der Waals surface area contributed by atoms with Gasteiger partial charge < -0.3 is 10.8 Å². The topological polar surface area (TPSA) is 66.6 Å². The van der Waals surface area contributed by atoms with Crippen molar-refractivity contribution in [2.45, 2.75) is 25.0 Å². The Morgan fingerprint density at radius 2 is 2.21 bits per heavy atom. The molecule has 2 rings (SSSR count). The Morgan fingerprint density at radius 1 is 1.47 bits per heavy atom. The Bertz CT molecular complexity index is 496. The van der Waals surface area contributed by atoms with E-state index in [2.05, 4.69) is 0 Å². The zero-order valence-corrected chi connectivity index (χ0v) is 10.4. The van der Waals surface area contributed by atoms with E-state index in [1.54, 1.807) is 4.90 Å². The van der Waals surface area contributed by atoms with E-state index in [1.807, 2.05) is 0 Å². The minimum absolute atomic E-state index is 0.0400. The number of carbonyl (C=O) groups excluding carboxylic acids is 1. The maximum absolute atomic E-state index is 13.6. The lowest BCUT2D eigenvalue weighted by Crippen LogP contribution is -2.55. The van der Waals surface area contributed by atoms with E-state index < -0.39 is 23.1 Å². The largest absolute Gasteiger partial charge is 0.379 e. The summed E-state index contributed by atoms with van der Waals surface area (Å²) in [5, 5.41) is 10.0. The lowest BCUT2D eigenvalue weighted by molar-refractivity contribution is -0.142. The van der Waals surface area contributed by atoms with E-state index in [-0.39, 0.29) is 18.7 Å². The van der Waals surface area contributed by atoms with E-state index in [4.69, 9.17) is 5.73 Å². The van der Waals surface area contributed by atoms with E-state index in [0.717, 1.165) is 6.07 Å². The number of aliphatic hydroxyl groups is 1. The fraction of sp³-hybridized carbons (Fsp3) is 0.462. The van der Waals surface area contributed by atoms with Crippen molar-refractivity contribution in [2.24, 2.45) is 5.73 Å². The smallest absolute Gasteiger partial charge is 0.250 e. The Labute approximate surface area is 109 Å². The van der Waals surface area contributed by atoms with Gasteiger partial charge in [-0.25, -0.2) is 8.78 Å². The number of likely N-dealkylation sites (tertiary alicyclic amines) is 1. The molecule has 1 aromatic carbocycles. The molecule has 1 aromatic rings. The van der Waals surface area contributed by atoms with Crippen LogP contribution >= 0.6 is 0 Å². The monoisotopic (exact) mass is 270 g/mol. The van der Waals surface area contributed by atoms with Gasteiger partial charge in [0.05, 0.1) is 0 Å². The van der Waals surface area contributed by atoms with Gasteiger partial charge in [0.25, 0.3) is 5.91 Å². The molecule has 1 aliphatic heterocycles. The highest BCUT2D eigenvalue weighted by Gasteiger charge is 2.38. The first kappa shape index (κ1) is 13.9. The Hall–Kier alpha value is -1.53. The molecular weight excluding hydrogens is 254 g/mol. The van der Waals surface area contributed by atoms with Crippen LogP contribution in [0, 0.1) is 11.6 Å². The van der Waals surface area contributed by atoms with Gasteiger partial charge in [0.1, 0.15) is 0 Å². The van der Waals surface area contributed by atoms with Crippen molar-refractivity contribution >= 4 is 5.91 Å². The van der Waals surface area contributed by atoms with Crippen LogP contribution in [0.2, 0.25) is 0 Å². The second-order valence-corrected chi connectivity index (χ2v) is 4.92. The first-order chi connectivity index (χ1) is 8.92. The SMILES string of the molecule is NC(=O)[C@@]1(O)CCCN(Cc2cccc(F)c2F)C1. The molecular formula is C13H16F2N2O2. The van der Waals surface area contributed by atoms with Crippen LogP contribution in [-0.2, 0) is 11.3 Å². The number of primary amides is 1. The molecule has 104 valence electrons. The number of carbonyl (C=O) groups is 1. The molecule has 0 aromatic heterocycles. The van der Waals surface area contributed by atoms with Crippen LogP contribution in [0.4, 0.5) is 8.78 Å². The molecule has 1 heterocycles. The summed E-state index contributed by atoms with van der Waals surface area (Å²) in [6.07, 6.45) is 0.876. The van der Waals surface area contributed by atoms with E-state index in [0.29, 0.717) is 19.4 Å². The Kier molecular flexibility index (Phi) is 3.82. The summed E-state index contributed by atoms with van der Waals surface area (Å²) in [7, 11) is 0. The summed E-state index contributed by atoms with van der Waals surface area (Å²) in [6, 6.07) is 3.96. The van der Waals surface area contributed by atoms with Crippen LogP contribution in [0.3, 0.4) is 0 Å². The van der Waals surface area contributed by atoms with Crippen molar-refractivity contribution < 1.29 is 18.7 Å². The molecule has 0 aliphatic carbocycles. The second kappa shape index (κ2) is 5.22. The number of β-amino-alcohol motifs (C(OH)–C–C–N with tert-alkyl or cyclic N) is 1. The van der Waals surface area contributed by atoms with Gasteiger partial charge in [0.15, 0.2) is 17.2 Å². The highest BCUT2D eigenvalue weighted by atomic mass is 19.2. The van der Waals surface area contributed by atoms with Crippen molar-refractivity contribution in [2.75, 3.05) is 13.1 Å². The van der Waals surface area contributed by atoms with Gasteiger partial charge in [-0.1, -0.05) is 12.1 Å². The van der Waals surface area contributed by atoms with Crippen molar-refractivity contribution in [3.05, 3.63) is 35.4 Å². The fourth-order valence-electron chi connectivity index (χ4n) is 2.37. The summed E-state index contributed by atoms with van der Waals surface area (Å²) in [6.45, 7) is 0.781. The fourth-order valence-corrected chi connectivity index (χ4v) is 2.37. The third-order valence-corrected chi connectivity index (χ3v) is 3.43. The second-order valence-electron chi connectivity index (χ2n) is 4.92. The molecule has 0 unspecified atom stereocenters. The van der Waals surface area contributed by atoms with Crippen molar-refractivity contribution in [1.29, 1.82) is 0 Å². The summed E-state index contributed by atoms with van der Waals surface area (Å²) < 4.78 is 26.6. The van der Waals surface area contributed by atoms with Gasteiger partial charge in [0.2, 0.25) is 0 Å². The minimum Gasteiger partial charge on any atom is -0.379 e. The highest BCUT2D eigenvalue weighted by Crippen LogP contribution is 2.23. The molecule has 4 nitrogen and oxygen atoms in total. The normalized spacial score (nSPS) is 24.4. The van der Waals surface area contributed by atoms with Crippen LogP contribution in [0.15, 0.2) is 18.2 Å². The molecule has 0 saturated carbocycles. The summed E-state index contributed by atoms with van der Waals surface area (Å²) in [5.41, 5.74) is 3.78. The molecule has 0 bridgehead atoms. The Balaban J connectivity index is 2.11. The van der Waals surface area contributed by atoms with Gasteiger partial charge in [-0.3, -0.25) is 9.69 Å². The quantitative estimate of drug-likeness (QED) is 0.853. The number of nitrogens with zero attached hydrogens (tertiary/aromatic N) is 1. The first-order valence-electron chi connectivity index (χ1n) is 6.10. The number of piperidine rings is 1. The van der Waals surface area contributed by atoms with Crippen LogP contribution in [0.5, 0.6) is 0 Å². The van der Waals surface area contributed by atoms with Gasteiger partial charge in [-0.05, 0) is 25.5 Å². The number of hydrogen-bond acceptors (Lipinski definition) is 3. The zero-order chi connectivity index (χ0) is 14.0. The van der Waals surface area contributed by atoms with E-state index in [1.165, 1.54) is 12.1 Å². The van der Waals surface area contributed by atoms with Crippen molar-refractivity contribution in [3.8, 4) is 0 Å². The lowest BCUT2D eigenvalue weighted by Gasteiger charge is -2.37. The zero-order valence-electron chi connectivity index (χ0n) is 10.4. The van der Waals surface area contributed by atoms with Crippen LogP contribution in [-0.4, -0.2) is 34.6 Å². The van der Waals surface area contributed by atoms with Crippen molar-refractivity contribution in [1.82, 2.24) is 4.90 Å². The molecule has 6 heteroatoms. The van der Waals surface area contributed by atoms with Crippen LogP contribution < -0.4 is 5.73 Å². The molecule has 1 fully saturated rings. The third kappa shape index (κ3) is 2.90. The molecule has 0 spiro atoms. The number of benzene rings is 1. The minimum atomic E-state index is -1.58. The molecule has 0 radical (unpaired) electrons. The number of rotatable bonds is 3. The lowest BCUT2D eigenvalue weighted by atomic mass is 9.92. The average Bonchev–Trinajstić information content (AvgIpc) is 2.35. The summed E-state index contributed by atoms with van der Waals surface area (Å²) in [5.74, 6) is -2.58. The number of amides is 1. The molecule has 1 amide bonds. The molecule has 1 saturated heterocycles. The van der Waals surface area contributed by atoms with E-state index in [9.17, 15) is 18.7 Å². The number of nitrogens with two attached hydrogens (primary N) is 1. The first-order valence-corrected chi connectivity index (χ1v) is 6.10. The standard InChI is InChI=1S/C13H16F2N2O2/c14-10-4-1-3-9(11(10)15)7-17-6-2-5-13(19,8-17)12(16)18/h1,3-4,19H,2,5-8H2,(H2,16,18)/t13-/m1/s1. The van der Waals surface area contributed by atoms with E-state index >= 15 is 0 Å². The Morgan fingerprint density at radius 3 is 2.89 bits per heavy atom. The highest BCUT2D eigenvalue weighted by molar-refractivity contribution is 5.83. The molecule has 1 atom stereocenters. The molecule has 19 heavy (non-hydrogen) atoms. The maximum atomic E-state index is 13.6. The predicted octanol–water partition coefficient (Wildman–Crippen LogP) is 0.777. The summed E-state index contributed by atoms with van der Waals surface area (Å²) >= 11 is 0. The van der Waals surface area contributed by atoms with Crippen LogP contribution in [0.1, 0.15) is 18.4 Å². The molecule has 1 aliphatic rings. The third-order valence-electron chi connectivity index (χ3n) is 3.43. The van der Waals surface area contributed by atoms with Gasteiger partial charge in [0, 0.05) is 18.7 Å². The van der Waals surface area contributed by atoms with Gasteiger partial charge in [-0.15, -0.1) is 0 Å². The van der Waals surface area contributed by atoms with Crippen LogP contribution in [0.25, 0.3) is 0 Å². The summed E-state index contributed by atoms with van der Waals surface area (Å²) in [4.78, 5) is 12.9. The number of hydrogen-bond donors (Lipinski definition) is 2. The van der Waals surface area contributed by atoms with Gasteiger partial charge >= 0.3 is 0 Å².